The molecule has 2 rings (SSSR count). The van der Waals surface area contributed by atoms with E-state index in [1.807, 2.05) is 6.07 Å². The summed E-state index contributed by atoms with van der Waals surface area (Å²) in [4.78, 5) is 23.5. The van der Waals surface area contributed by atoms with Crippen molar-refractivity contribution >= 4 is 27.9 Å². The van der Waals surface area contributed by atoms with E-state index in [1.54, 1.807) is 25.1 Å². The third kappa shape index (κ3) is 2.80. The second-order valence-corrected chi connectivity index (χ2v) is 5.89. The lowest BCUT2D eigenvalue weighted by molar-refractivity contribution is -0.142. The average Bonchev–Trinajstić information content (AvgIpc) is 2.54. The van der Waals surface area contributed by atoms with Crippen molar-refractivity contribution in [1.82, 2.24) is 0 Å². The fraction of sp³-hybridized carbons (Fsp3) is 0.235. The summed E-state index contributed by atoms with van der Waals surface area (Å²) in [6, 6.07) is 6.91. The molecule has 0 heterocycles. The maximum atomic E-state index is 12.1. The summed E-state index contributed by atoms with van der Waals surface area (Å²) in [5.74, 6) is -2.27. The summed E-state index contributed by atoms with van der Waals surface area (Å²) < 4.78 is 0. The van der Waals surface area contributed by atoms with Crippen molar-refractivity contribution in [1.29, 1.82) is 5.26 Å². The molecule has 1 aromatic carbocycles. The number of carboxylic acid groups (broad SMARTS) is 2. The van der Waals surface area contributed by atoms with Gasteiger partial charge in [-0.05, 0) is 29.7 Å². The predicted octanol–water partition coefficient (Wildman–Crippen LogP) is 3.14. The van der Waals surface area contributed by atoms with Crippen molar-refractivity contribution in [3.05, 3.63) is 58.2 Å². The number of allylic oxidation sites excluding steroid dienone is 2. The van der Waals surface area contributed by atoms with Crippen LogP contribution in [0.5, 0.6) is 0 Å². The van der Waals surface area contributed by atoms with Crippen LogP contribution in [0.3, 0.4) is 0 Å². The standard InChI is InChI=1S/C17H14BrNO4/c1-10-5-6-17(16(22)23,7-12(10)15(20)21)14-4-2-3-11(9-19)13(14)8-18/h2-6H,7-8H2,1H3,(H,20,21)(H,22,23). The lowest BCUT2D eigenvalue weighted by Crippen LogP contribution is -2.38. The maximum Gasteiger partial charge on any atom is 0.331 e. The lowest BCUT2D eigenvalue weighted by Gasteiger charge is -2.32. The van der Waals surface area contributed by atoms with Crippen molar-refractivity contribution in [2.75, 3.05) is 0 Å². The van der Waals surface area contributed by atoms with Gasteiger partial charge in [0.1, 0.15) is 5.41 Å². The minimum atomic E-state index is -1.50. The molecule has 0 saturated heterocycles. The average molecular weight is 376 g/mol. The number of hydrogen-bond donors (Lipinski definition) is 2. The highest BCUT2D eigenvalue weighted by atomic mass is 79.9. The molecule has 0 radical (unpaired) electrons. The molecule has 6 heteroatoms. The van der Waals surface area contributed by atoms with Crippen molar-refractivity contribution in [2.24, 2.45) is 0 Å². The molecule has 0 aromatic heterocycles. The Morgan fingerprint density at radius 2 is 2.09 bits per heavy atom. The molecular formula is C17H14BrNO4. The number of nitriles is 1. The van der Waals surface area contributed by atoms with Crippen LogP contribution in [0, 0.1) is 11.3 Å². The topological polar surface area (TPSA) is 98.4 Å². The minimum Gasteiger partial charge on any atom is -0.480 e. The van der Waals surface area contributed by atoms with Gasteiger partial charge in [-0.15, -0.1) is 0 Å². The first-order valence-corrected chi connectivity index (χ1v) is 7.93. The van der Waals surface area contributed by atoms with E-state index in [9.17, 15) is 25.1 Å². The van der Waals surface area contributed by atoms with Gasteiger partial charge in [0.05, 0.1) is 11.6 Å². The molecule has 1 aromatic rings. The highest BCUT2D eigenvalue weighted by molar-refractivity contribution is 9.08. The summed E-state index contributed by atoms with van der Waals surface area (Å²) in [5.41, 5.74) is 0.471. The van der Waals surface area contributed by atoms with E-state index in [-0.39, 0.29) is 12.0 Å². The van der Waals surface area contributed by atoms with Gasteiger partial charge in [0.2, 0.25) is 0 Å². The van der Waals surface area contributed by atoms with E-state index in [1.165, 1.54) is 12.2 Å². The zero-order valence-electron chi connectivity index (χ0n) is 12.3. The van der Waals surface area contributed by atoms with Crippen molar-refractivity contribution in [3.63, 3.8) is 0 Å². The molecule has 118 valence electrons. The van der Waals surface area contributed by atoms with Crippen LogP contribution < -0.4 is 0 Å². The number of aliphatic carboxylic acids is 2. The molecule has 1 atom stereocenters. The van der Waals surface area contributed by atoms with Gasteiger partial charge in [0.15, 0.2) is 0 Å². The third-order valence-electron chi connectivity index (χ3n) is 4.10. The molecule has 23 heavy (non-hydrogen) atoms. The summed E-state index contributed by atoms with van der Waals surface area (Å²) in [5, 5.41) is 28.7. The van der Waals surface area contributed by atoms with Gasteiger partial charge < -0.3 is 10.2 Å². The number of carbonyl (C=O) groups is 2. The third-order valence-corrected chi connectivity index (χ3v) is 4.66. The summed E-state index contributed by atoms with van der Waals surface area (Å²) in [6.45, 7) is 1.64. The highest BCUT2D eigenvalue weighted by Gasteiger charge is 2.43. The smallest absolute Gasteiger partial charge is 0.331 e. The number of nitrogens with zero attached hydrogens (tertiary/aromatic N) is 1. The van der Waals surface area contributed by atoms with Crippen LogP contribution in [0.25, 0.3) is 0 Å². The number of alkyl halides is 1. The van der Waals surface area contributed by atoms with E-state index in [0.29, 0.717) is 27.6 Å². The molecule has 2 N–H and O–H groups in total. The molecule has 5 nitrogen and oxygen atoms in total. The van der Waals surface area contributed by atoms with Crippen LogP contribution in [-0.4, -0.2) is 22.2 Å². The van der Waals surface area contributed by atoms with Gasteiger partial charge in [0.25, 0.3) is 0 Å². The Labute approximate surface area is 141 Å². The lowest BCUT2D eigenvalue weighted by atomic mass is 9.70. The first-order valence-electron chi connectivity index (χ1n) is 6.81. The summed E-state index contributed by atoms with van der Waals surface area (Å²) >= 11 is 3.30. The first-order chi connectivity index (χ1) is 10.9. The molecule has 1 aliphatic rings. The highest BCUT2D eigenvalue weighted by Crippen LogP contribution is 2.41. The predicted molar refractivity (Wildman–Crippen MR) is 87.2 cm³/mol. The Bertz CT molecular complexity index is 788. The SMILES string of the molecule is CC1=C(C(=O)O)CC(C(=O)O)(c2cccc(C#N)c2CBr)C=C1. The molecule has 0 amide bonds. The second-order valence-electron chi connectivity index (χ2n) is 5.33. The van der Waals surface area contributed by atoms with Gasteiger partial charge in [-0.1, -0.05) is 40.2 Å². The Morgan fingerprint density at radius 3 is 2.61 bits per heavy atom. The fourth-order valence-electron chi connectivity index (χ4n) is 2.79. The zero-order valence-corrected chi connectivity index (χ0v) is 13.9. The van der Waals surface area contributed by atoms with Gasteiger partial charge >= 0.3 is 11.9 Å². The van der Waals surface area contributed by atoms with E-state index >= 15 is 0 Å². The van der Waals surface area contributed by atoms with Crippen molar-refractivity contribution in [3.8, 4) is 6.07 Å². The monoisotopic (exact) mass is 375 g/mol. The van der Waals surface area contributed by atoms with E-state index in [0.717, 1.165) is 0 Å². The molecular weight excluding hydrogens is 362 g/mol. The van der Waals surface area contributed by atoms with Crippen molar-refractivity contribution < 1.29 is 19.8 Å². The quantitative estimate of drug-likeness (QED) is 0.787. The fourth-order valence-corrected chi connectivity index (χ4v) is 3.39. The van der Waals surface area contributed by atoms with E-state index in [2.05, 4.69) is 15.9 Å². The number of benzene rings is 1. The Hall–Kier alpha value is -2.39. The minimum absolute atomic E-state index is 0.0674. The zero-order chi connectivity index (χ0) is 17.2. The van der Waals surface area contributed by atoms with Crippen LogP contribution in [0.4, 0.5) is 0 Å². The molecule has 0 spiro atoms. The van der Waals surface area contributed by atoms with Crippen molar-refractivity contribution in [2.45, 2.75) is 24.1 Å². The molecule has 1 unspecified atom stereocenters. The Balaban J connectivity index is 2.72. The van der Waals surface area contributed by atoms with Gasteiger partial charge in [-0.25, -0.2) is 4.79 Å². The summed E-state index contributed by atoms with van der Waals surface area (Å²) in [7, 11) is 0. The van der Waals surface area contributed by atoms with Crippen LogP contribution in [0.1, 0.15) is 30.0 Å². The van der Waals surface area contributed by atoms with Gasteiger partial charge in [-0.2, -0.15) is 5.26 Å². The molecule has 0 fully saturated rings. The largest absolute Gasteiger partial charge is 0.480 e. The van der Waals surface area contributed by atoms with Crippen LogP contribution in [0.15, 0.2) is 41.5 Å². The van der Waals surface area contributed by atoms with Crippen LogP contribution in [0.2, 0.25) is 0 Å². The number of halogens is 1. The Morgan fingerprint density at radius 1 is 1.39 bits per heavy atom. The normalized spacial score (nSPS) is 20.2. The molecule has 0 saturated carbocycles. The van der Waals surface area contributed by atoms with Crippen LogP contribution >= 0.6 is 15.9 Å². The second kappa shape index (κ2) is 6.39. The number of carboxylic acids is 2. The van der Waals surface area contributed by atoms with Gasteiger partial charge in [-0.3, -0.25) is 4.79 Å². The maximum absolute atomic E-state index is 12.1. The number of hydrogen-bond acceptors (Lipinski definition) is 3. The van der Waals surface area contributed by atoms with E-state index in [4.69, 9.17) is 0 Å². The molecule has 0 aliphatic heterocycles. The molecule has 1 aliphatic carbocycles. The van der Waals surface area contributed by atoms with Crippen LogP contribution in [-0.2, 0) is 20.3 Å². The first kappa shape index (κ1) is 17.0. The van der Waals surface area contributed by atoms with E-state index < -0.39 is 17.4 Å². The molecule has 0 bridgehead atoms. The Kier molecular flexibility index (Phi) is 4.71. The van der Waals surface area contributed by atoms with Gasteiger partial charge in [0, 0.05) is 17.3 Å². The number of rotatable bonds is 4. The summed E-state index contributed by atoms with van der Waals surface area (Å²) in [6.07, 6.45) is 2.88.